The average molecular weight is 339 g/mol. The molecular formula is C17H31N4O3. The third-order valence-corrected chi connectivity index (χ3v) is 4.62. The van der Waals surface area contributed by atoms with E-state index in [9.17, 15) is 9.59 Å². The van der Waals surface area contributed by atoms with E-state index in [0.717, 1.165) is 44.9 Å². The molecule has 3 N–H and O–H groups in total. The summed E-state index contributed by atoms with van der Waals surface area (Å²) in [5, 5.41) is 2.85. The van der Waals surface area contributed by atoms with E-state index in [4.69, 9.17) is 10.5 Å². The second-order valence-corrected chi connectivity index (χ2v) is 6.50. The van der Waals surface area contributed by atoms with E-state index in [1.807, 2.05) is 0 Å². The van der Waals surface area contributed by atoms with Crippen LogP contribution in [0.5, 0.6) is 0 Å². The molecule has 0 bridgehead atoms. The lowest BCUT2D eigenvalue weighted by molar-refractivity contribution is 0.0411. The van der Waals surface area contributed by atoms with Gasteiger partial charge in [-0.05, 0) is 45.1 Å². The van der Waals surface area contributed by atoms with Gasteiger partial charge in [-0.1, -0.05) is 12.8 Å². The molecular weight excluding hydrogens is 308 g/mol. The fraction of sp³-hybridized carbons (Fsp3) is 0.824. The lowest BCUT2D eigenvalue weighted by Gasteiger charge is -2.35. The summed E-state index contributed by atoms with van der Waals surface area (Å²) in [5.74, 6) is 0. The number of urea groups is 1. The first-order chi connectivity index (χ1) is 11.7. The number of carbonyl (C=O) groups is 2. The minimum Gasteiger partial charge on any atom is -0.446 e. The van der Waals surface area contributed by atoms with Crippen molar-refractivity contribution in [3.63, 3.8) is 0 Å². The van der Waals surface area contributed by atoms with E-state index < -0.39 is 0 Å². The predicted molar refractivity (Wildman–Crippen MR) is 92.5 cm³/mol. The fourth-order valence-electron chi connectivity index (χ4n) is 3.10. The van der Waals surface area contributed by atoms with Gasteiger partial charge in [-0.25, -0.2) is 9.59 Å². The molecule has 1 aliphatic carbocycles. The number of nitrogens with one attached hydrogen (secondary N) is 1. The summed E-state index contributed by atoms with van der Waals surface area (Å²) >= 11 is 0. The molecule has 2 aliphatic rings. The summed E-state index contributed by atoms with van der Waals surface area (Å²) in [6.07, 6.45) is 9.24. The molecule has 24 heavy (non-hydrogen) atoms. The summed E-state index contributed by atoms with van der Waals surface area (Å²) in [6, 6.07) is -0.0762. The largest absolute Gasteiger partial charge is 0.446 e. The highest BCUT2D eigenvalue weighted by molar-refractivity contribution is 5.75. The Labute approximate surface area is 144 Å². The molecule has 0 spiro atoms. The third kappa shape index (κ3) is 6.19. The molecule has 137 valence electrons. The summed E-state index contributed by atoms with van der Waals surface area (Å²) in [4.78, 5) is 27.7. The van der Waals surface area contributed by atoms with Gasteiger partial charge in [0.2, 0.25) is 0 Å². The zero-order chi connectivity index (χ0) is 17.2. The Morgan fingerprint density at radius 1 is 1.08 bits per heavy atom. The number of hydrogen-bond donors (Lipinski definition) is 2. The Morgan fingerprint density at radius 3 is 2.33 bits per heavy atom. The van der Waals surface area contributed by atoms with Crippen LogP contribution in [0.4, 0.5) is 9.59 Å². The van der Waals surface area contributed by atoms with Crippen molar-refractivity contribution < 1.29 is 14.3 Å². The van der Waals surface area contributed by atoms with E-state index in [2.05, 4.69) is 11.7 Å². The van der Waals surface area contributed by atoms with Crippen LogP contribution in [0.1, 0.15) is 44.9 Å². The van der Waals surface area contributed by atoms with E-state index in [1.54, 1.807) is 9.80 Å². The van der Waals surface area contributed by atoms with Gasteiger partial charge in [0.25, 0.3) is 0 Å². The lowest BCUT2D eigenvalue weighted by Crippen LogP contribution is -2.53. The topological polar surface area (TPSA) is 87.9 Å². The molecule has 3 amide bonds. The van der Waals surface area contributed by atoms with Crippen molar-refractivity contribution in [1.82, 2.24) is 15.1 Å². The van der Waals surface area contributed by atoms with Crippen LogP contribution in [-0.4, -0.2) is 67.3 Å². The van der Waals surface area contributed by atoms with E-state index >= 15 is 0 Å². The molecule has 0 aromatic heterocycles. The first kappa shape index (κ1) is 18.8. The van der Waals surface area contributed by atoms with Crippen molar-refractivity contribution in [2.45, 2.75) is 51.0 Å². The molecule has 1 aliphatic heterocycles. The zero-order valence-electron chi connectivity index (χ0n) is 14.5. The molecule has 7 nitrogen and oxygen atoms in total. The van der Waals surface area contributed by atoms with Crippen LogP contribution in [0.25, 0.3) is 0 Å². The minimum absolute atomic E-state index is 0.0452. The van der Waals surface area contributed by atoms with Crippen molar-refractivity contribution in [2.24, 2.45) is 5.73 Å². The molecule has 0 atom stereocenters. The van der Waals surface area contributed by atoms with E-state index in [1.165, 1.54) is 0 Å². The van der Waals surface area contributed by atoms with Crippen LogP contribution < -0.4 is 11.1 Å². The molecule has 0 aromatic rings. The first-order valence-corrected chi connectivity index (χ1v) is 9.20. The molecule has 7 heteroatoms. The highest BCUT2D eigenvalue weighted by Crippen LogP contribution is 2.20. The smallest absolute Gasteiger partial charge is 0.410 e. The average Bonchev–Trinajstić information content (AvgIpc) is 2.57. The predicted octanol–water partition coefficient (Wildman–Crippen LogP) is 1.73. The van der Waals surface area contributed by atoms with Crippen LogP contribution in [0, 0.1) is 6.42 Å². The second-order valence-electron chi connectivity index (χ2n) is 6.50. The molecule has 1 saturated heterocycles. The van der Waals surface area contributed by atoms with Gasteiger partial charge in [0.1, 0.15) is 6.10 Å². The SMILES string of the molecule is NCCCNC(=O)N1CCN(C(=O)OC2CCC[CH]CCC2)CC1. The zero-order valence-corrected chi connectivity index (χ0v) is 14.5. The Balaban J connectivity index is 1.68. The van der Waals surface area contributed by atoms with E-state index in [-0.39, 0.29) is 18.2 Å². The second kappa shape index (κ2) is 10.4. The number of ether oxygens (including phenoxy) is 1. The quantitative estimate of drug-likeness (QED) is 0.764. The maximum atomic E-state index is 12.3. The van der Waals surface area contributed by atoms with Crippen molar-refractivity contribution >= 4 is 12.1 Å². The molecule has 1 heterocycles. The van der Waals surface area contributed by atoms with Crippen molar-refractivity contribution in [1.29, 1.82) is 0 Å². The monoisotopic (exact) mass is 339 g/mol. The Bertz CT molecular complexity index is 389. The number of nitrogens with zero attached hydrogens (tertiary/aromatic N) is 2. The van der Waals surface area contributed by atoms with Gasteiger partial charge >= 0.3 is 12.1 Å². The van der Waals surface area contributed by atoms with Crippen molar-refractivity contribution in [3.05, 3.63) is 6.42 Å². The summed E-state index contributed by atoms with van der Waals surface area (Å²) in [6.45, 7) is 3.31. The molecule has 1 saturated carbocycles. The normalized spacial score (nSPS) is 20.2. The highest BCUT2D eigenvalue weighted by atomic mass is 16.6. The van der Waals surface area contributed by atoms with Gasteiger partial charge in [0, 0.05) is 32.7 Å². The van der Waals surface area contributed by atoms with Crippen LogP contribution in [0.15, 0.2) is 0 Å². The molecule has 0 unspecified atom stereocenters. The standard InChI is InChI=1S/C17H31N4O3/c18-9-6-10-19-16(22)20-11-13-21(14-12-20)17(23)24-15-7-4-2-1-3-5-8-15/h1,15H,2-14,18H2,(H,19,22). The Morgan fingerprint density at radius 2 is 1.71 bits per heavy atom. The molecule has 2 fully saturated rings. The summed E-state index contributed by atoms with van der Waals surface area (Å²) in [7, 11) is 0. The lowest BCUT2D eigenvalue weighted by atomic mass is 9.99. The molecule has 0 aromatic carbocycles. The van der Waals surface area contributed by atoms with E-state index in [0.29, 0.717) is 39.3 Å². The van der Waals surface area contributed by atoms with Crippen molar-refractivity contribution in [3.8, 4) is 0 Å². The maximum Gasteiger partial charge on any atom is 0.410 e. The summed E-state index contributed by atoms with van der Waals surface area (Å²) in [5.41, 5.74) is 5.42. The van der Waals surface area contributed by atoms with Gasteiger partial charge in [-0.3, -0.25) is 0 Å². The fourth-order valence-corrected chi connectivity index (χ4v) is 3.10. The van der Waals surface area contributed by atoms with Gasteiger partial charge < -0.3 is 25.6 Å². The van der Waals surface area contributed by atoms with Crippen LogP contribution in [0.3, 0.4) is 0 Å². The minimum atomic E-state index is -0.229. The van der Waals surface area contributed by atoms with Crippen LogP contribution >= 0.6 is 0 Å². The Kier molecular flexibility index (Phi) is 8.15. The van der Waals surface area contributed by atoms with Gasteiger partial charge in [0.05, 0.1) is 0 Å². The Hall–Kier alpha value is -1.50. The number of hydrogen-bond acceptors (Lipinski definition) is 4. The first-order valence-electron chi connectivity index (χ1n) is 9.20. The molecule has 2 rings (SSSR count). The van der Waals surface area contributed by atoms with Crippen LogP contribution in [0.2, 0.25) is 0 Å². The van der Waals surface area contributed by atoms with Gasteiger partial charge in [-0.15, -0.1) is 0 Å². The highest BCUT2D eigenvalue weighted by Gasteiger charge is 2.26. The van der Waals surface area contributed by atoms with Gasteiger partial charge in [-0.2, -0.15) is 0 Å². The van der Waals surface area contributed by atoms with Gasteiger partial charge in [0.15, 0.2) is 0 Å². The van der Waals surface area contributed by atoms with Crippen LogP contribution in [-0.2, 0) is 4.74 Å². The molecule has 1 radical (unpaired) electrons. The number of rotatable bonds is 4. The number of nitrogens with two attached hydrogens (primary N) is 1. The van der Waals surface area contributed by atoms with Crippen molar-refractivity contribution in [2.75, 3.05) is 39.3 Å². The number of piperazine rings is 1. The number of amides is 3. The number of carbonyl (C=O) groups excluding carboxylic acids is 2. The third-order valence-electron chi connectivity index (χ3n) is 4.62. The summed E-state index contributed by atoms with van der Waals surface area (Å²) < 4.78 is 5.68. The maximum absolute atomic E-state index is 12.3.